The quantitative estimate of drug-likeness (QED) is 0.767. The molecule has 0 bridgehead atoms. The number of piperidine rings is 1. The molecular weight excluding hydrogens is 326 g/mol. The number of sulfonamides is 1. The Kier molecular flexibility index (Phi) is 6.37. The maximum absolute atomic E-state index is 12.3. The molecule has 2 rings (SSSR count). The summed E-state index contributed by atoms with van der Waals surface area (Å²) in [6.07, 6.45) is 1.80. The van der Waals surface area contributed by atoms with E-state index in [-0.39, 0.29) is 29.1 Å². The first-order valence-electron chi connectivity index (χ1n) is 6.94. The summed E-state index contributed by atoms with van der Waals surface area (Å²) in [6.45, 7) is 5.22. The molecule has 1 amide bonds. The van der Waals surface area contributed by atoms with Crippen LogP contribution in [0.15, 0.2) is 17.0 Å². The Hall–Kier alpha value is -1.15. The van der Waals surface area contributed by atoms with E-state index in [0.29, 0.717) is 12.2 Å². The summed E-state index contributed by atoms with van der Waals surface area (Å²) < 4.78 is 23.0. The van der Waals surface area contributed by atoms with Gasteiger partial charge in [0.15, 0.2) is 0 Å². The lowest BCUT2D eigenvalue weighted by Crippen LogP contribution is -2.37. The minimum Gasteiger partial charge on any atom is -0.326 e. The molecule has 1 atom stereocenters. The molecule has 1 saturated heterocycles. The van der Waals surface area contributed by atoms with Crippen LogP contribution in [-0.4, -0.2) is 27.4 Å². The number of benzene rings is 1. The number of carbonyl (C=O) groups excluding carboxylic acids is 1. The summed E-state index contributed by atoms with van der Waals surface area (Å²) in [4.78, 5) is 12.3. The lowest BCUT2D eigenvalue weighted by molar-refractivity contribution is -0.120. The Morgan fingerprint density at radius 1 is 1.36 bits per heavy atom. The second kappa shape index (κ2) is 7.41. The van der Waals surface area contributed by atoms with Gasteiger partial charge in [-0.05, 0) is 56.5 Å². The van der Waals surface area contributed by atoms with E-state index in [0.717, 1.165) is 30.5 Å². The number of hydrogen-bond acceptors (Lipinski definition) is 4. The predicted octanol–water partition coefficient (Wildman–Crippen LogP) is 1.31. The average Bonchev–Trinajstić information content (AvgIpc) is 2.43. The van der Waals surface area contributed by atoms with E-state index in [1.807, 2.05) is 6.92 Å². The maximum atomic E-state index is 12.3. The highest BCUT2D eigenvalue weighted by atomic mass is 35.5. The lowest BCUT2D eigenvalue weighted by atomic mass is 9.98. The van der Waals surface area contributed by atoms with Crippen LogP contribution < -0.4 is 15.8 Å². The molecular formula is C14H22ClN3O3S. The average molecular weight is 348 g/mol. The van der Waals surface area contributed by atoms with Crippen molar-refractivity contribution in [3.05, 3.63) is 23.3 Å². The first-order chi connectivity index (χ1) is 9.79. The Morgan fingerprint density at radius 2 is 2.05 bits per heavy atom. The van der Waals surface area contributed by atoms with Crippen LogP contribution >= 0.6 is 12.4 Å². The molecule has 1 aliphatic heterocycles. The number of carbonyl (C=O) groups is 1. The molecule has 0 spiro atoms. The molecule has 0 aliphatic carbocycles. The molecule has 1 fully saturated rings. The Bertz CT molecular complexity index is 656. The van der Waals surface area contributed by atoms with Gasteiger partial charge in [0, 0.05) is 12.2 Å². The van der Waals surface area contributed by atoms with Gasteiger partial charge in [-0.15, -0.1) is 12.4 Å². The van der Waals surface area contributed by atoms with Crippen LogP contribution in [0, 0.1) is 19.8 Å². The van der Waals surface area contributed by atoms with Gasteiger partial charge in [-0.3, -0.25) is 4.79 Å². The number of nitrogens with two attached hydrogens (primary N) is 1. The summed E-state index contributed by atoms with van der Waals surface area (Å²) in [7, 11) is -3.79. The SMILES string of the molecule is Cc1cc(S(N)(=O)=O)cc(NC(=O)[C@@H]2CCCNC2)c1C.Cl. The number of hydrogen-bond donors (Lipinski definition) is 3. The topological polar surface area (TPSA) is 101 Å². The van der Waals surface area contributed by atoms with E-state index < -0.39 is 10.0 Å². The zero-order valence-corrected chi connectivity index (χ0v) is 14.3. The van der Waals surface area contributed by atoms with Crippen LogP contribution in [0.25, 0.3) is 0 Å². The largest absolute Gasteiger partial charge is 0.326 e. The number of rotatable bonds is 3. The van der Waals surface area contributed by atoms with Crippen molar-refractivity contribution in [2.24, 2.45) is 11.1 Å². The van der Waals surface area contributed by atoms with E-state index in [4.69, 9.17) is 5.14 Å². The van der Waals surface area contributed by atoms with Crippen molar-refractivity contribution in [1.82, 2.24) is 5.32 Å². The van der Waals surface area contributed by atoms with Crippen molar-refractivity contribution in [2.45, 2.75) is 31.6 Å². The van der Waals surface area contributed by atoms with E-state index in [9.17, 15) is 13.2 Å². The van der Waals surface area contributed by atoms with Gasteiger partial charge in [0.05, 0.1) is 10.8 Å². The lowest BCUT2D eigenvalue weighted by Gasteiger charge is -2.22. The smallest absolute Gasteiger partial charge is 0.238 e. The van der Waals surface area contributed by atoms with Gasteiger partial charge in [-0.25, -0.2) is 13.6 Å². The minimum absolute atomic E-state index is 0. The van der Waals surface area contributed by atoms with E-state index in [1.165, 1.54) is 12.1 Å². The fourth-order valence-corrected chi connectivity index (χ4v) is 3.05. The van der Waals surface area contributed by atoms with Crippen LogP contribution in [-0.2, 0) is 14.8 Å². The fraction of sp³-hybridized carbons (Fsp3) is 0.500. The highest BCUT2D eigenvalue weighted by molar-refractivity contribution is 7.89. The normalized spacial score (nSPS) is 18.4. The number of nitrogens with one attached hydrogen (secondary N) is 2. The van der Waals surface area contributed by atoms with Crippen molar-refractivity contribution in [3.63, 3.8) is 0 Å². The molecule has 0 saturated carbocycles. The molecule has 4 N–H and O–H groups in total. The number of anilines is 1. The van der Waals surface area contributed by atoms with E-state index >= 15 is 0 Å². The van der Waals surface area contributed by atoms with E-state index in [1.54, 1.807) is 6.92 Å². The van der Waals surface area contributed by atoms with Crippen molar-refractivity contribution < 1.29 is 13.2 Å². The maximum Gasteiger partial charge on any atom is 0.238 e. The molecule has 6 nitrogen and oxygen atoms in total. The molecule has 8 heteroatoms. The van der Waals surface area contributed by atoms with Gasteiger partial charge >= 0.3 is 0 Å². The molecule has 0 radical (unpaired) electrons. The third kappa shape index (κ3) is 4.42. The summed E-state index contributed by atoms with van der Waals surface area (Å²) in [6, 6.07) is 2.94. The third-order valence-electron chi connectivity index (χ3n) is 3.89. The van der Waals surface area contributed by atoms with Crippen LogP contribution in [0.3, 0.4) is 0 Å². The molecule has 0 aromatic heterocycles. The number of amides is 1. The van der Waals surface area contributed by atoms with Gasteiger partial charge in [0.2, 0.25) is 15.9 Å². The molecule has 124 valence electrons. The second-order valence-electron chi connectivity index (χ2n) is 5.49. The molecule has 1 aromatic rings. The van der Waals surface area contributed by atoms with Crippen LogP contribution in [0.2, 0.25) is 0 Å². The highest BCUT2D eigenvalue weighted by Gasteiger charge is 2.22. The second-order valence-corrected chi connectivity index (χ2v) is 7.05. The predicted molar refractivity (Wildman–Crippen MR) is 88.8 cm³/mol. The highest BCUT2D eigenvalue weighted by Crippen LogP contribution is 2.24. The standard InChI is InChI=1S/C14H21N3O3S.ClH/c1-9-6-12(21(15,19)20)7-13(10(9)2)17-14(18)11-4-3-5-16-8-11;/h6-7,11,16H,3-5,8H2,1-2H3,(H,17,18)(H2,15,19,20);1H/t11-;/m1./s1. The van der Waals surface area contributed by atoms with Crippen molar-refractivity contribution >= 4 is 34.0 Å². The minimum atomic E-state index is -3.79. The zero-order valence-electron chi connectivity index (χ0n) is 12.7. The fourth-order valence-electron chi connectivity index (χ4n) is 2.43. The van der Waals surface area contributed by atoms with Crippen molar-refractivity contribution in [2.75, 3.05) is 18.4 Å². The van der Waals surface area contributed by atoms with E-state index in [2.05, 4.69) is 10.6 Å². The molecule has 1 aromatic carbocycles. The van der Waals surface area contributed by atoms with Crippen LogP contribution in [0.4, 0.5) is 5.69 Å². The number of aryl methyl sites for hydroxylation is 1. The van der Waals surface area contributed by atoms with Gasteiger partial charge in [0.25, 0.3) is 0 Å². The molecule has 22 heavy (non-hydrogen) atoms. The van der Waals surface area contributed by atoms with Crippen molar-refractivity contribution in [1.29, 1.82) is 0 Å². The first-order valence-corrected chi connectivity index (χ1v) is 8.49. The van der Waals surface area contributed by atoms with Crippen LogP contribution in [0.5, 0.6) is 0 Å². The number of primary sulfonamides is 1. The summed E-state index contributed by atoms with van der Waals surface area (Å²) in [5.41, 5.74) is 2.13. The Morgan fingerprint density at radius 3 is 2.59 bits per heavy atom. The zero-order chi connectivity index (χ0) is 15.6. The Labute approximate surface area is 137 Å². The monoisotopic (exact) mass is 347 g/mol. The van der Waals surface area contributed by atoms with Crippen LogP contribution in [0.1, 0.15) is 24.0 Å². The molecule has 1 heterocycles. The first kappa shape index (κ1) is 18.9. The molecule has 0 unspecified atom stereocenters. The summed E-state index contributed by atoms with van der Waals surface area (Å²) in [5.74, 6) is -0.173. The summed E-state index contributed by atoms with van der Waals surface area (Å²) >= 11 is 0. The molecule has 1 aliphatic rings. The third-order valence-corrected chi connectivity index (χ3v) is 4.79. The number of halogens is 1. The summed E-state index contributed by atoms with van der Waals surface area (Å²) in [5, 5.41) is 11.2. The van der Waals surface area contributed by atoms with Crippen molar-refractivity contribution in [3.8, 4) is 0 Å². The van der Waals surface area contributed by atoms with Gasteiger partial charge in [-0.2, -0.15) is 0 Å². The Balaban J connectivity index is 0.00000242. The van der Waals surface area contributed by atoms with Gasteiger partial charge in [0.1, 0.15) is 0 Å². The van der Waals surface area contributed by atoms with Gasteiger partial charge in [-0.1, -0.05) is 0 Å². The van der Waals surface area contributed by atoms with Gasteiger partial charge < -0.3 is 10.6 Å².